The first-order valence-electron chi connectivity index (χ1n) is 7.59. The van der Waals surface area contributed by atoms with Gasteiger partial charge in [0.25, 0.3) is 0 Å². The van der Waals surface area contributed by atoms with Crippen LogP contribution in [-0.4, -0.2) is 44.2 Å². The zero-order valence-corrected chi connectivity index (χ0v) is 14.2. The summed E-state index contributed by atoms with van der Waals surface area (Å²) in [5, 5.41) is 0. The molecule has 112 valence electrons. The van der Waals surface area contributed by atoms with Gasteiger partial charge in [0.2, 0.25) is 0 Å². The number of halogens is 1. The molecule has 0 bridgehead atoms. The lowest BCUT2D eigenvalue weighted by molar-refractivity contribution is 0.221. The lowest BCUT2D eigenvalue weighted by Gasteiger charge is -2.38. The lowest BCUT2D eigenvalue weighted by atomic mass is 10.0. The van der Waals surface area contributed by atoms with E-state index >= 15 is 0 Å². The largest absolute Gasteiger partial charge is 0.371 e. The van der Waals surface area contributed by atoms with Gasteiger partial charge in [-0.2, -0.15) is 0 Å². The Labute approximate surface area is 131 Å². The molecule has 3 nitrogen and oxygen atoms in total. The Bertz CT molecular complexity index is 428. The smallest absolute Gasteiger partial charge is 0.0410 e. The summed E-state index contributed by atoms with van der Waals surface area (Å²) in [7, 11) is 2.23. The molecule has 20 heavy (non-hydrogen) atoms. The number of benzene rings is 1. The van der Waals surface area contributed by atoms with Crippen molar-refractivity contribution in [1.82, 2.24) is 4.90 Å². The molecule has 0 amide bonds. The Hall–Kier alpha value is -0.580. The molecule has 2 rings (SSSR count). The molecular formula is C16H26BrN3. The molecule has 1 aromatic carbocycles. The number of anilines is 1. The molecule has 0 aliphatic carbocycles. The van der Waals surface area contributed by atoms with E-state index in [2.05, 4.69) is 57.9 Å². The number of hydrogen-bond donors (Lipinski definition) is 1. The Morgan fingerprint density at radius 2 is 2.05 bits per heavy atom. The van der Waals surface area contributed by atoms with Crippen molar-refractivity contribution in [3.05, 3.63) is 28.2 Å². The van der Waals surface area contributed by atoms with Crippen molar-refractivity contribution in [2.24, 2.45) is 5.73 Å². The Morgan fingerprint density at radius 3 is 2.65 bits per heavy atom. The quantitative estimate of drug-likeness (QED) is 0.895. The first-order chi connectivity index (χ1) is 9.65. The van der Waals surface area contributed by atoms with Crippen LogP contribution in [0.2, 0.25) is 0 Å². The van der Waals surface area contributed by atoms with E-state index in [1.54, 1.807) is 0 Å². The van der Waals surface area contributed by atoms with Gasteiger partial charge in [-0.3, -0.25) is 0 Å². The van der Waals surface area contributed by atoms with Crippen molar-refractivity contribution in [2.75, 3.05) is 38.1 Å². The molecule has 2 N–H and O–H groups in total. The second-order valence-electron chi connectivity index (χ2n) is 5.59. The maximum atomic E-state index is 5.75. The molecule has 1 fully saturated rings. The SMILES string of the molecule is CCN1CCC(N(C)c2cc(Br)ccc2CCN)CC1. The highest BCUT2D eigenvalue weighted by Gasteiger charge is 2.23. The molecule has 1 aliphatic heterocycles. The van der Waals surface area contributed by atoms with Crippen LogP contribution >= 0.6 is 15.9 Å². The van der Waals surface area contributed by atoms with E-state index in [4.69, 9.17) is 5.73 Å². The zero-order chi connectivity index (χ0) is 14.5. The van der Waals surface area contributed by atoms with E-state index in [0.29, 0.717) is 12.6 Å². The van der Waals surface area contributed by atoms with E-state index in [9.17, 15) is 0 Å². The number of nitrogens with two attached hydrogens (primary N) is 1. The predicted octanol–water partition coefficient (Wildman–Crippen LogP) is 2.87. The normalized spacial score (nSPS) is 17.4. The molecule has 1 saturated heterocycles. The summed E-state index contributed by atoms with van der Waals surface area (Å²) >= 11 is 3.59. The molecule has 0 atom stereocenters. The van der Waals surface area contributed by atoms with Gasteiger partial charge in [-0.15, -0.1) is 0 Å². The average Bonchev–Trinajstić information content (AvgIpc) is 2.48. The van der Waals surface area contributed by atoms with Gasteiger partial charge in [0.05, 0.1) is 0 Å². The molecule has 0 saturated carbocycles. The molecular weight excluding hydrogens is 314 g/mol. The van der Waals surface area contributed by atoms with Crippen LogP contribution < -0.4 is 10.6 Å². The fraction of sp³-hybridized carbons (Fsp3) is 0.625. The van der Waals surface area contributed by atoms with Gasteiger partial charge >= 0.3 is 0 Å². The summed E-state index contributed by atoms with van der Waals surface area (Å²) in [5.41, 5.74) is 8.44. The molecule has 4 heteroatoms. The van der Waals surface area contributed by atoms with Gasteiger partial charge in [0, 0.05) is 36.3 Å². The minimum atomic E-state index is 0.642. The fourth-order valence-corrected chi connectivity index (χ4v) is 3.40. The van der Waals surface area contributed by atoms with Crippen molar-refractivity contribution in [3.63, 3.8) is 0 Å². The number of piperidine rings is 1. The molecule has 0 spiro atoms. The van der Waals surface area contributed by atoms with Gasteiger partial charge in [0.1, 0.15) is 0 Å². The van der Waals surface area contributed by atoms with Crippen LogP contribution in [0.25, 0.3) is 0 Å². The summed E-state index contributed by atoms with van der Waals surface area (Å²) in [6.45, 7) is 6.55. The number of hydrogen-bond acceptors (Lipinski definition) is 3. The van der Waals surface area contributed by atoms with Crippen LogP contribution in [0, 0.1) is 0 Å². The molecule has 1 aliphatic rings. The maximum Gasteiger partial charge on any atom is 0.0410 e. The fourth-order valence-electron chi connectivity index (χ4n) is 3.05. The summed E-state index contributed by atoms with van der Waals surface area (Å²) < 4.78 is 1.14. The highest BCUT2D eigenvalue weighted by molar-refractivity contribution is 9.10. The van der Waals surface area contributed by atoms with Crippen molar-refractivity contribution >= 4 is 21.6 Å². The minimum absolute atomic E-state index is 0.642. The van der Waals surface area contributed by atoms with Crippen molar-refractivity contribution in [3.8, 4) is 0 Å². The lowest BCUT2D eigenvalue weighted by Crippen LogP contribution is -2.43. The zero-order valence-electron chi connectivity index (χ0n) is 12.6. The van der Waals surface area contributed by atoms with Gasteiger partial charge in [0.15, 0.2) is 0 Å². The van der Waals surface area contributed by atoms with E-state index in [0.717, 1.165) is 10.9 Å². The molecule has 1 heterocycles. The predicted molar refractivity (Wildman–Crippen MR) is 90.4 cm³/mol. The number of rotatable bonds is 5. The third-order valence-electron chi connectivity index (χ3n) is 4.39. The van der Waals surface area contributed by atoms with E-state index in [-0.39, 0.29) is 0 Å². The molecule has 0 unspecified atom stereocenters. The Kier molecular flexibility index (Phi) is 5.87. The van der Waals surface area contributed by atoms with E-state index < -0.39 is 0 Å². The first kappa shape index (κ1) is 15.8. The number of nitrogens with zero attached hydrogens (tertiary/aromatic N) is 2. The van der Waals surface area contributed by atoms with Crippen molar-refractivity contribution < 1.29 is 0 Å². The minimum Gasteiger partial charge on any atom is -0.371 e. The van der Waals surface area contributed by atoms with Crippen LogP contribution in [0.3, 0.4) is 0 Å². The van der Waals surface area contributed by atoms with Gasteiger partial charge < -0.3 is 15.5 Å². The van der Waals surface area contributed by atoms with Gasteiger partial charge in [-0.05, 0) is 50.0 Å². The van der Waals surface area contributed by atoms with Gasteiger partial charge in [-0.25, -0.2) is 0 Å². The Morgan fingerprint density at radius 1 is 1.35 bits per heavy atom. The topological polar surface area (TPSA) is 32.5 Å². The van der Waals surface area contributed by atoms with Crippen LogP contribution in [0.5, 0.6) is 0 Å². The van der Waals surface area contributed by atoms with Crippen LogP contribution in [0.4, 0.5) is 5.69 Å². The molecule has 0 aromatic heterocycles. The maximum absolute atomic E-state index is 5.75. The number of likely N-dealkylation sites (tertiary alicyclic amines) is 1. The van der Waals surface area contributed by atoms with Crippen molar-refractivity contribution in [1.29, 1.82) is 0 Å². The second kappa shape index (κ2) is 7.43. The highest BCUT2D eigenvalue weighted by atomic mass is 79.9. The first-order valence-corrected chi connectivity index (χ1v) is 8.38. The highest BCUT2D eigenvalue weighted by Crippen LogP contribution is 2.28. The Balaban J connectivity index is 2.12. The van der Waals surface area contributed by atoms with Crippen LogP contribution in [0.1, 0.15) is 25.3 Å². The summed E-state index contributed by atoms with van der Waals surface area (Å²) in [5.74, 6) is 0. The van der Waals surface area contributed by atoms with Crippen molar-refractivity contribution in [2.45, 2.75) is 32.2 Å². The van der Waals surface area contributed by atoms with Crippen LogP contribution in [-0.2, 0) is 6.42 Å². The molecule has 0 radical (unpaired) electrons. The third kappa shape index (κ3) is 3.74. The summed E-state index contributed by atoms with van der Waals surface area (Å²) in [6.07, 6.45) is 3.44. The monoisotopic (exact) mass is 339 g/mol. The van der Waals surface area contributed by atoms with E-state index in [1.165, 1.54) is 43.7 Å². The standard InChI is InChI=1S/C16H26BrN3/c1-3-20-10-7-15(8-11-20)19(2)16-12-14(17)5-4-13(16)6-9-18/h4-5,12,15H,3,6-11,18H2,1-2H3. The second-order valence-corrected chi connectivity index (χ2v) is 6.50. The summed E-state index contributed by atoms with van der Waals surface area (Å²) in [4.78, 5) is 4.99. The summed E-state index contributed by atoms with van der Waals surface area (Å²) in [6, 6.07) is 7.19. The van der Waals surface area contributed by atoms with Gasteiger partial charge in [-0.1, -0.05) is 28.9 Å². The third-order valence-corrected chi connectivity index (χ3v) is 4.89. The molecule has 1 aromatic rings. The van der Waals surface area contributed by atoms with E-state index in [1.807, 2.05) is 0 Å². The average molecular weight is 340 g/mol. The van der Waals surface area contributed by atoms with Crippen LogP contribution in [0.15, 0.2) is 22.7 Å².